The lowest BCUT2D eigenvalue weighted by Crippen LogP contribution is -2.11. The van der Waals surface area contributed by atoms with Crippen LogP contribution in [0.2, 0.25) is 0 Å². The van der Waals surface area contributed by atoms with Crippen LogP contribution in [0, 0.1) is 0 Å². The molecule has 0 aliphatic heterocycles. The molecule has 0 amide bonds. The molecule has 0 radical (unpaired) electrons. The zero-order valence-electron chi connectivity index (χ0n) is 16.3. The van der Waals surface area contributed by atoms with Gasteiger partial charge in [0.1, 0.15) is 12.4 Å². The molecule has 0 spiro atoms. The number of carboxylic acids is 1. The molecule has 0 aliphatic rings. The van der Waals surface area contributed by atoms with Crippen molar-refractivity contribution in [3.05, 3.63) is 89.0 Å². The number of carbonyl (C=O) groups is 1. The molecule has 32 heavy (non-hydrogen) atoms. The molecule has 3 aromatic carbocycles. The summed E-state index contributed by atoms with van der Waals surface area (Å²) in [6, 6.07) is 13.4. The highest BCUT2D eigenvalue weighted by molar-refractivity contribution is 5.73. The lowest BCUT2D eigenvalue weighted by Gasteiger charge is -2.15. The van der Waals surface area contributed by atoms with Crippen LogP contribution in [0.15, 0.2) is 66.7 Å². The second-order valence-corrected chi connectivity index (χ2v) is 6.95. The van der Waals surface area contributed by atoms with Gasteiger partial charge in [-0.2, -0.15) is 26.3 Å². The maximum Gasteiger partial charge on any atom is 0.416 e. The second kappa shape index (κ2) is 8.94. The Morgan fingerprint density at radius 3 is 2.06 bits per heavy atom. The fourth-order valence-electron chi connectivity index (χ4n) is 3.12. The molecule has 0 saturated carbocycles. The molecule has 0 aliphatic carbocycles. The molecule has 0 aromatic heterocycles. The molecule has 0 heterocycles. The summed E-state index contributed by atoms with van der Waals surface area (Å²) in [5, 5.41) is 9.09. The smallest absolute Gasteiger partial charge is 0.416 e. The number of hydrogen-bond acceptors (Lipinski definition) is 2. The first kappa shape index (κ1) is 23.2. The van der Waals surface area contributed by atoms with Gasteiger partial charge >= 0.3 is 18.3 Å². The van der Waals surface area contributed by atoms with Crippen molar-refractivity contribution in [2.45, 2.75) is 25.4 Å². The van der Waals surface area contributed by atoms with Gasteiger partial charge in [-0.3, -0.25) is 4.79 Å². The maximum atomic E-state index is 13.2. The number of alkyl halides is 6. The highest BCUT2D eigenvalue weighted by atomic mass is 19.4. The maximum absolute atomic E-state index is 13.2. The average molecular weight is 454 g/mol. The van der Waals surface area contributed by atoms with Gasteiger partial charge in [0.05, 0.1) is 17.5 Å². The minimum atomic E-state index is -4.57. The zero-order chi connectivity index (χ0) is 23.5. The summed E-state index contributed by atoms with van der Waals surface area (Å²) >= 11 is 0. The van der Waals surface area contributed by atoms with Crippen molar-refractivity contribution in [2.24, 2.45) is 0 Å². The summed E-state index contributed by atoms with van der Waals surface area (Å²) in [4.78, 5) is 11.1. The lowest BCUT2D eigenvalue weighted by molar-refractivity contribution is -0.139. The van der Waals surface area contributed by atoms with Crippen LogP contribution >= 0.6 is 0 Å². The number of carboxylic acid groups (broad SMARTS) is 1. The van der Waals surface area contributed by atoms with Crippen molar-refractivity contribution in [3.8, 4) is 16.9 Å². The number of ether oxygens (including phenoxy) is 1. The third kappa shape index (κ3) is 5.81. The quantitative estimate of drug-likeness (QED) is 0.427. The minimum absolute atomic E-state index is 0.0932. The van der Waals surface area contributed by atoms with Crippen LogP contribution in [0.1, 0.15) is 22.3 Å². The van der Waals surface area contributed by atoms with Gasteiger partial charge in [0.2, 0.25) is 0 Å². The molecule has 0 bridgehead atoms. The normalized spacial score (nSPS) is 11.9. The van der Waals surface area contributed by atoms with Crippen LogP contribution in [0.3, 0.4) is 0 Å². The van der Waals surface area contributed by atoms with Gasteiger partial charge in [-0.25, -0.2) is 0 Å². The number of rotatable bonds is 6. The molecule has 0 saturated heterocycles. The summed E-state index contributed by atoms with van der Waals surface area (Å²) in [7, 11) is 0. The van der Waals surface area contributed by atoms with E-state index in [2.05, 4.69) is 0 Å². The lowest BCUT2D eigenvalue weighted by atomic mass is 10.00. The van der Waals surface area contributed by atoms with E-state index in [1.807, 2.05) is 0 Å². The Hall–Kier alpha value is -3.49. The molecule has 3 nitrogen and oxygen atoms in total. The van der Waals surface area contributed by atoms with E-state index in [1.165, 1.54) is 48.5 Å². The van der Waals surface area contributed by atoms with E-state index < -0.39 is 42.5 Å². The highest BCUT2D eigenvalue weighted by Crippen LogP contribution is 2.34. The Morgan fingerprint density at radius 2 is 1.47 bits per heavy atom. The molecule has 1 N–H and O–H groups in total. The van der Waals surface area contributed by atoms with Gasteiger partial charge in [-0.15, -0.1) is 0 Å². The van der Waals surface area contributed by atoms with Gasteiger partial charge in [0.25, 0.3) is 0 Å². The van der Waals surface area contributed by atoms with Gasteiger partial charge < -0.3 is 9.84 Å². The molecule has 3 aromatic rings. The number of aliphatic carboxylic acids is 1. The van der Waals surface area contributed by atoms with Crippen LogP contribution < -0.4 is 4.74 Å². The average Bonchev–Trinajstić information content (AvgIpc) is 2.70. The Morgan fingerprint density at radius 1 is 0.812 bits per heavy atom. The molecule has 9 heteroatoms. The standard InChI is InChI=1S/C23H16F6O3/c24-22(25,26)18-7-5-15(6-8-18)17-9-14(11-21(30)31)10-19(12-17)32-13-16-3-1-2-4-20(16)23(27,28)29/h1-10,12H,11,13H2,(H,30,31). The van der Waals surface area contributed by atoms with Crippen LogP contribution in [0.5, 0.6) is 5.75 Å². The third-order valence-corrected chi connectivity index (χ3v) is 4.58. The number of benzene rings is 3. The Balaban J connectivity index is 1.93. The van der Waals surface area contributed by atoms with Gasteiger partial charge in [0, 0.05) is 5.56 Å². The number of halogens is 6. The Bertz CT molecular complexity index is 1100. The van der Waals surface area contributed by atoms with E-state index in [1.54, 1.807) is 0 Å². The minimum Gasteiger partial charge on any atom is -0.489 e. The summed E-state index contributed by atoms with van der Waals surface area (Å²) < 4.78 is 83.5. The first-order valence-electron chi connectivity index (χ1n) is 9.25. The van der Waals surface area contributed by atoms with Crippen LogP contribution in [-0.4, -0.2) is 11.1 Å². The van der Waals surface area contributed by atoms with Crippen molar-refractivity contribution in [2.75, 3.05) is 0 Å². The van der Waals surface area contributed by atoms with Gasteiger partial charge in [0.15, 0.2) is 0 Å². The molecule has 168 valence electrons. The summed E-state index contributed by atoms with van der Waals surface area (Å²) in [5.74, 6) is -1.06. The molecule has 0 unspecified atom stereocenters. The van der Waals surface area contributed by atoms with E-state index in [4.69, 9.17) is 9.84 Å². The largest absolute Gasteiger partial charge is 0.489 e. The second-order valence-electron chi connectivity index (χ2n) is 6.95. The monoisotopic (exact) mass is 454 g/mol. The van der Waals surface area contributed by atoms with E-state index in [0.29, 0.717) is 11.1 Å². The molecule has 3 rings (SSSR count). The van der Waals surface area contributed by atoms with Crippen LogP contribution in [-0.2, 0) is 30.2 Å². The molecule has 0 fully saturated rings. The summed E-state index contributed by atoms with van der Waals surface area (Å²) in [6.45, 7) is -0.432. The fourth-order valence-corrected chi connectivity index (χ4v) is 3.12. The number of hydrogen-bond donors (Lipinski definition) is 1. The van der Waals surface area contributed by atoms with E-state index >= 15 is 0 Å². The Labute approximate surface area is 178 Å². The zero-order valence-corrected chi connectivity index (χ0v) is 16.3. The molecular weight excluding hydrogens is 438 g/mol. The third-order valence-electron chi connectivity index (χ3n) is 4.58. The Kier molecular flexibility index (Phi) is 6.47. The first-order chi connectivity index (χ1) is 14.9. The van der Waals surface area contributed by atoms with Crippen molar-refractivity contribution < 1.29 is 41.0 Å². The van der Waals surface area contributed by atoms with Crippen molar-refractivity contribution in [3.63, 3.8) is 0 Å². The predicted molar refractivity (Wildman–Crippen MR) is 104 cm³/mol. The molecule has 0 atom stereocenters. The van der Waals surface area contributed by atoms with E-state index in [0.717, 1.165) is 18.2 Å². The van der Waals surface area contributed by atoms with Gasteiger partial charge in [-0.05, 0) is 47.0 Å². The van der Waals surface area contributed by atoms with Crippen molar-refractivity contribution >= 4 is 5.97 Å². The van der Waals surface area contributed by atoms with E-state index in [9.17, 15) is 31.1 Å². The SMILES string of the molecule is O=C(O)Cc1cc(OCc2ccccc2C(F)(F)F)cc(-c2ccc(C(F)(F)F)cc2)c1. The topological polar surface area (TPSA) is 46.5 Å². The van der Waals surface area contributed by atoms with Crippen LogP contribution in [0.25, 0.3) is 11.1 Å². The van der Waals surface area contributed by atoms with E-state index in [-0.39, 0.29) is 16.9 Å². The summed E-state index contributed by atoms with van der Waals surface area (Å²) in [5.41, 5.74) is -0.788. The van der Waals surface area contributed by atoms with Gasteiger partial charge in [-0.1, -0.05) is 36.4 Å². The highest BCUT2D eigenvalue weighted by Gasteiger charge is 2.33. The predicted octanol–water partition coefficient (Wildman–Crippen LogP) is 6.60. The summed E-state index contributed by atoms with van der Waals surface area (Å²) in [6.07, 6.45) is -9.48. The van der Waals surface area contributed by atoms with Crippen molar-refractivity contribution in [1.29, 1.82) is 0 Å². The first-order valence-corrected chi connectivity index (χ1v) is 9.25. The molecular formula is C23H16F6O3. The fraction of sp³-hybridized carbons (Fsp3) is 0.174. The van der Waals surface area contributed by atoms with Crippen LogP contribution in [0.4, 0.5) is 26.3 Å². The van der Waals surface area contributed by atoms with Crippen molar-refractivity contribution in [1.82, 2.24) is 0 Å².